The van der Waals surface area contributed by atoms with E-state index in [0.29, 0.717) is 0 Å². The first kappa shape index (κ1) is 12.4. The third kappa shape index (κ3) is 2.88. The molecule has 1 saturated heterocycles. The lowest BCUT2D eigenvalue weighted by atomic mass is 10.1. The van der Waals surface area contributed by atoms with Gasteiger partial charge in [-0.1, -0.05) is 6.07 Å². The molecule has 0 aliphatic carbocycles. The second-order valence-electron chi connectivity index (χ2n) is 5.25. The summed E-state index contributed by atoms with van der Waals surface area (Å²) in [7, 11) is 2.16. The average molecular weight is 261 g/mol. The molecule has 5 heteroatoms. The van der Waals surface area contributed by atoms with Crippen LogP contribution in [0.5, 0.6) is 5.75 Å². The van der Waals surface area contributed by atoms with Gasteiger partial charge in [0, 0.05) is 32.7 Å². The van der Waals surface area contributed by atoms with E-state index in [1.54, 1.807) is 0 Å². The molecule has 2 heterocycles. The standard InChI is InChI=1S/C14H19N3O2/c1-16-4-6-17(7-5-16)9-11-2-3-12-13(8-11)19-10-14(18)15-12/h2-3,8H,4-7,9-10H2,1H3,(H,15,18). The van der Waals surface area contributed by atoms with Crippen LogP contribution in [0.3, 0.4) is 0 Å². The van der Waals surface area contributed by atoms with Gasteiger partial charge in [-0.2, -0.15) is 0 Å². The zero-order valence-electron chi connectivity index (χ0n) is 11.2. The topological polar surface area (TPSA) is 44.8 Å². The molecule has 0 atom stereocenters. The van der Waals surface area contributed by atoms with Crippen molar-refractivity contribution in [1.29, 1.82) is 0 Å². The van der Waals surface area contributed by atoms with Crippen LogP contribution in [0.1, 0.15) is 5.56 Å². The van der Waals surface area contributed by atoms with Crippen molar-refractivity contribution in [2.45, 2.75) is 6.54 Å². The lowest BCUT2D eigenvalue weighted by Crippen LogP contribution is -2.43. The Morgan fingerprint density at radius 1 is 1.26 bits per heavy atom. The molecule has 0 bridgehead atoms. The van der Waals surface area contributed by atoms with Crippen LogP contribution in [0.4, 0.5) is 5.69 Å². The molecule has 3 rings (SSSR count). The molecular formula is C14H19N3O2. The maximum atomic E-state index is 11.2. The van der Waals surface area contributed by atoms with E-state index in [9.17, 15) is 4.79 Å². The number of rotatable bonds is 2. The zero-order chi connectivity index (χ0) is 13.2. The highest BCUT2D eigenvalue weighted by Gasteiger charge is 2.18. The minimum atomic E-state index is -0.0840. The number of anilines is 1. The lowest BCUT2D eigenvalue weighted by molar-refractivity contribution is -0.118. The molecule has 0 unspecified atom stereocenters. The van der Waals surface area contributed by atoms with Crippen molar-refractivity contribution >= 4 is 11.6 Å². The van der Waals surface area contributed by atoms with Crippen LogP contribution in [-0.4, -0.2) is 55.5 Å². The Morgan fingerprint density at radius 2 is 2.05 bits per heavy atom. The predicted molar refractivity (Wildman–Crippen MR) is 73.3 cm³/mol. The highest BCUT2D eigenvalue weighted by molar-refractivity contribution is 5.95. The van der Waals surface area contributed by atoms with Crippen LogP contribution in [0.15, 0.2) is 18.2 Å². The van der Waals surface area contributed by atoms with Gasteiger partial charge < -0.3 is 15.0 Å². The minimum absolute atomic E-state index is 0.0840. The van der Waals surface area contributed by atoms with Crippen LogP contribution in [0, 0.1) is 0 Å². The normalized spacial score (nSPS) is 20.6. The van der Waals surface area contributed by atoms with Crippen molar-refractivity contribution in [1.82, 2.24) is 9.80 Å². The number of piperazine rings is 1. The number of nitrogens with zero attached hydrogens (tertiary/aromatic N) is 2. The molecule has 5 nitrogen and oxygen atoms in total. The van der Waals surface area contributed by atoms with Gasteiger partial charge in [-0.15, -0.1) is 0 Å². The highest BCUT2D eigenvalue weighted by atomic mass is 16.5. The summed E-state index contributed by atoms with van der Waals surface area (Å²) < 4.78 is 5.44. The van der Waals surface area contributed by atoms with Gasteiger partial charge >= 0.3 is 0 Å². The largest absolute Gasteiger partial charge is 0.482 e. The van der Waals surface area contributed by atoms with Crippen molar-refractivity contribution in [3.63, 3.8) is 0 Å². The number of nitrogens with one attached hydrogen (secondary N) is 1. The number of fused-ring (bicyclic) bond motifs is 1. The summed E-state index contributed by atoms with van der Waals surface area (Å²) in [5.41, 5.74) is 2.01. The molecule has 1 amide bonds. The predicted octanol–water partition coefficient (Wildman–Crippen LogP) is 0.765. The van der Waals surface area contributed by atoms with E-state index in [4.69, 9.17) is 4.74 Å². The maximum Gasteiger partial charge on any atom is 0.262 e. The van der Waals surface area contributed by atoms with Crippen LogP contribution in [0.25, 0.3) is 0 Å². The van der Waals surface area contributed by atoms with Gasteiger partial charge in [0.15, 0.2) is 6.61 Å². The van der Waals surface area contributed by atoms with Crippen molar-refractivity contribution < 1.29 is 9.53 Å². The second kappa shape index (κ2) is 5.19. The fourth-order valence-corrected chi connectivity index (χ4v) is 2.48. The Bertz CT molecular complexity index is 482. The second-order valence-corrected chi connectivity index (χ2v) is 5.25. The molecule has 0 spiro atoms. The van der Waals surface area contributed by atoms with Gasteiger partial charge in [-0.05, 0) is 24.7 Å². The van der Waals surface area contributed by atoms with E-state index >= 15 is 0 Å². The molecule has 1 aromatic rings. The summed E-state index contributed by atoms with van der Waals surface area (Å²) in [5.74, 6) is 0.700. The van der Waals surface area contributed by atoms with Crippen LogP contribution < -0.4 is 10.1 Å². The first-order chi connectivity index (χ1) is 9.20. The summed E-state index contributed by atoms with van der Waals surface area (Å²) in [6, 6.07) is 6.02. The van der Waals surface area contributed by atoms with Crippen LogP contribution >= 0.6 is 0 Å². The molecule has 0 aromatic heterocycles. The van der Waals surface area contributed by atoms with Gasteiger partial charge in [0.1, 0.15) is 5.75 Å². The molecule has 0 radical (unpaired) electrons. The molecule has 1 fully saturated rings. The van der Waals surface area contributed by atoms with Gasteiger partial charge in [-0.3, -0.25) is 9.69 Å². The number of hydrogen-bond acceptors (Lipinski definition) is 4. The van der Waals surface area contributed by atoms with E-state index in [1.165, 1.54) is 5.56 Å². The summed E-state index contributed by atoms with van der Waals surface area (Å²) in [4.78, 5) is 16.0. The molecule has 2 aliphatic heterocycles. The number of ether oxygens (including phenoxy) is 1. The van der Waals surface area contributed by atoms with Crippen LogP contribution in [-0.2, 0) is 11.3 Å². The van der Waals surface area contributed by atoms with Crippen molar-refractivity contribution in [3.8, 4) is 5.75 Å². The molecule has 1 N–H and O–H groups in total. The van der Waals surface area contributed by atoms with E-state index in [0.717, 1.165) is 44.2 Å². The Morgan fingerprint density at radius 3 is 2.84 bits per heavy atom. The summed E-state index contributed by atoms with van der Waals surface area (Å²) in [6.45, 7) is 5.51. The van der Waals surface area contributed by atoms with Crippen LogP contribution in [0.2, 0.25) is 0 Å². The lowest BCUT2D eigenvalue weighted by Gasteiger charge is -2.32. The number of likely N-dealkylation sites (N-methyl/N-ethyl adjacent to an activating group) is 1. The smallest absolute Gasteiger partial charge is 0.262 e. The summed E-state index contributed by atoms with van der Waals surface area (Å²) >= 11 is 0. The van der Waals surface area contributed by atoms with Gasteiger partial charge in [0.2, 0.25) is 0 Å². The number of benzene rings is 1. The third-order valence-electron chi connectivity index (χ3n) is 3.68. The SMILES string of the molecule is CN1CCN(Cc2ccc3c(c2)OCC(=O)N3)CC1. The number of carbonyl (C=O) groups excluding carboxylic acids is 1. The van der Waals surface area contributed by atoms with Gasteiger partial charge in [0.05, 0.1) is 5.69 Å². The Balaban J connectivity index is 1.67. The minimum Gasteiger partial charge on any atom is -0.482 e. The number of hydrogen-bond donors (Lipinski definition) is 1. The molecule has 1 aromatic carbocycles. The monoisotopic (exact) mass is 261 g/mol. The Labute approximate surface area is 113 Å². The average Bonchev–Trinajstić information content (AvgIpc) is 2.42. The van der Waals surface area contributed by atoms with E-state index in [1.807, 2.05) is 12.1 Å². The maximum absolute atomic E-state index is 11.2. The van der Waals surface area contributed by atoms with Crippen molar-refractivity contribution in [3.05, 3.63) is 23.8 Å². The highest BCUT2D eigenvalue weighted by Crippen LogP contribution is 2.29. The first-order valence-electron chi connectivity index (χ1n) is 6.67. The number of amides is 1. The van der Waals surface area contributed by atoms with E-state index in [-0.39, 0.29) is 12.5 Å². The molecule has 0 saturated carbocycles. The van der Waals surface area contributed by atoms with Gasteiger partial charge in [-0.25, -0.2) is 0 Å². The fourth-order valence-electron chi connectivity index (χ4n) is 2.48. The fraction of sp³-hybridized carbons (Fsp3) is 0.500. The van der Waals surface area contributed by atoms with E-state index in [2.05, 4.69) is 28.2 Å². The molecule has 19 heavy (non-hydrogen) atoms. The quantitative estimate of drug-likeness (QED) is 0.854. The molecule has 2 aliphatic rings. The zero-order valence-corrected chi connectivity index (χ0v) is 11.2. The number of carbonyl (C=O) groups is 1. The molecule has 102 valence electrons. The summed E-state index contributed by atoms with van der Waals surface area (Å²) in [5, 5.41) is 2.81. The molecular weight excluding hydrogens is 242 g/mol. The Kier molecular flexibility index (Phi) is 3.40. The van der Waals surface area contributed by atoms with Crippen molar-refractivity contribution in [2.24, 2.45) is 0 Å². The van der Waals surface area contributed by atoms with Crippen molar-refractivity contribution in [2.75, 3.05) is 45.2 Å². The summed E-state index contributed by atoms with van der Waals surface area (Å²) in [6.07, 6.45) is 0. The first-order valence-corrected chi connectivity index (χ1v) is 6.67. The third-order valence-corrected chi connectivity index (χ3v) is 3.68. The Hall–Kier alpha value is -1.59. The van der Waals surface area contributed by atoms with E-state index < -0.39 is 0 Å². The van der Waals surface area contributed by atoms with Gasteiger partial charge in [0.25, 0.3) is 5.91 Å².